The minimum Gasteiger partial charge on any atom is -0.332 e. The predicted molar refractivity (Wildman–Crippen MR) is 94.1 cm³/mol. The summed E-state index contributed by atoms with van der Waals surface area (Å²) in [6.45, 7) is 2.51. The number of alkyl halides is 3. The van der Waals surface area contributed by atoms with Gasteiger partial charge >= 0.3 is 6.18 Å². The fourth-order valence-corrected chi connectivity index (χ4v) is 3.69. The van der Waals surface area contributed by atoms with Gasteiger partial charge in [-0.3, -0.25) is 4.90 Å². The topological polar surface area (TPSA) is 67.1 Å². The van der Waals surface area contributed by atoms with Crippen LogP contribution in [0.25, 0.3) is 22.2 Å². The number of hydrogen-bond acceptors (Lipinski definition) is 7. The van der Waals surface area contributed by atoms with Gasteiger partial charge in [-0.25, -0.2) is 4.98 Å². The molecule has 2 aromatic heterocycles. The van der Waals surface area contributed by atoms with Crippen LogP contribution in [-0.2, 0) is 6.18 Å². The lowest BCUT2D eigenvalue weighted by atomic mass is 10.1. The molecule has 0 spiro atoms. The summed E-state index contributed by atoms with van der Waals surface area (Å²) in [6.07, 6.45) is -4.39. The SMILES string of the molecule is CN1CCNCC1c1noc(-c2csc(-c3cccc(C(F)(F)F)c3)n2)n1. The highest BCUT2D eigenvalue weighted by Gasteiger charge is 2.31. The second-order valence-electron chi connectivity index (χ2n) is 6.27. The van der Waals surface area contributed by atoms with Crippen molar-refractivity contribution in [2.24, 2.45) is 0 Å². The van der Waals surface area contributed by atoms with E-state index in [0.29, 0.717) is 22.1 Å². The van der Waals surface area contributed by atoms with Gasteiger partial charge in [0.1, 0.15) is 10.7 Å². The lowest BCUT2D eigenvalue weighted by molar-refractivity contribution is -0.137. The molecule has 0 aliphatic carbocycles. The first-order chi connectivity index (χ1) is 12.9. The molecular formula is C17H16F3N5OS. The van der Waals surface area contributed by atoms with E-state index in [1.165, 1.54) is 17.4 Å². The Bertz CT molecular complexity index is 939. The van der Waals surface area contributed by atoms with E-state index in [2.05, 4.69) is 25.3 Å². The molecule has 3 aromatic rings. The standard InChI is InChI=1S/C17H16F3N5OS/c1-25-6-5-21-8-13(25)14-23-15(26-24-14)12-9-27-16(22-12)10-3-2-4-11(7-10)17(18,19)20/h2-4,7,9,13,21H,5-6,8H2,1H3. The van der Waals surface area contributed by atoms with E-state index in [0.717, 1.165) is 31.8 Å². The Morgan fingerprint density at radius 3 is 2.93 bits per heavy atom. The molecule has 0 bridgehead atoms. The van der Waals surface area contributed by atoms with Crippen molar-refractivity contribution < 1.29 is 17.7 Å². The summed E-state index contributed by atoms with van der Waals surface area (Å²) < 4.78 is 44.0. The second kappa shape index (κ2) is 7.02. The monoisotopic (exact) mass is 395 g/mol. The molecule has 1 unspecified atom stereocenters. The fourth-order valence-electron chi connectivity index (χ4n) is 2.90. The minimum atomic E-state index is -4.39. The number of benzene rings is 1. The first kappa shape index (κ1) is 18.1. The molecule has 1 aliphatic rings. The Hall–Kier alpha value is -2.30. The molecule has 142 valence electrons. The third-order valence-electron chi connectivity index (χ3n) is 4.41. The van der Waals surface area contributed by atoms with Gasteiger partial charge in [0.25, 0.3) is 5.89 Å². The molecular weight excluding hydrogens is 379 g/mol. The summed E-state index contributed by atoms with van der Waals surface area (Å²) in [5.74, 6) is 0.826. The Balaban J connectivity index is 1.58. The van der Waals surface area contributed by atoms with Gasteiger partial charge in [-0.05, 0) is 19.2 Å². The third kappa shape index (κ3) is 3.73. The normalized spacial score (nSPS) is 18.7. The maximum Gasteiger partial charge on any atom is 0.416 e. The van der Waals surface area contributed by atoms with Crippen LogP contribution >= 0.6 is 11.3 Å². The Morgan fingerprint density at radius 2 is 2.15 bits per heavy atom. The molecule has 4 rings (SSSR count). The van der Waals surface area contributed by atoms with Crippen molar-refractivity contribution in [3.05, 3.63) is 41.0 Å². The highest BCUT2D eigenvalue weighted by atomic mass is 32.1. The molecule has 1 saturated heterocycles. The first-order valence-electron chi connectivity index (χ1n) is 8.30. The van der Waals surface area contributed by atoms with Crippen molar-refractivity contribution in [3.8, 4) is 22.2 Å². The van der Waals surface area contributed by atoms with Crippen molar-refractivity contribution in [2.75, 3.05) is 26.7 Å². The number of nitrogens with zero attached hydrogens (tertiary/aromatic N) is 4. The van der Waals surface area contributed by atoms with Gasteiger partial charge in [0.15, 0.2) is 5.82 Å². The van der Waals surface area contributed by atoms with E-state index >= 15 is 0 Å². The number of piperazine rings is 1. The number of aromatic nitrogens is 3. The van der Waals surface area contributed by atoms with Crippen LogP contribution in [0, 0.1) is 0 Å². The highest BCUT2D eigenvalue weighted by molar-refractivity contribution is 7.13. The van der Waals surface area contributed by atoms with E-state index < -0.39 is 11.7 Å². The van der Waals surface area contributed by atoms with E-state index in [4.69, 9.17) is 4.52 Å². The molecule has 6 nitrogen and oxygen atoms in total. The van der Waals surface area contributed by atoms with Crippen LogP contribution < -0.4 is 5.32 Å². The molecule has 3 heterocycles. The molecule has 1 aromatic carbocycles. The molecule has 0 amide bonds. The van der Waals surface area contributed by atoms with Crippen LogP contribution in [0.4, 0.5) is 13.2 Å². The zero-order valence-electron chi connectivity index (χ0n) is 14.3. The quantitative estimate of drug-likeness (QED) is 0.733. The Labute approximate surface area is 157 Å². The van der Waals surface area contributed by atoms with Crippen LogP contribution in [0.15, 0.2) is 34.2 Å². The number of halogens is 3. The fraction of sp³-hybridized carbons (Fsp3) is 0.353. The molecule has 1 N–H and O–H groups in total. The average molecular weight is 395 g/mol. The lowest BCUT2D eigenvalue weighted by Crippen LogP contribution is -2.44. The largest absolute Gasteiger partial charge is 0.416 e. The number of hydrogen-bond donors (Lipinski definition) is 1. The first-order valence-corrected chi connectivity index (χ1v) is 9.18. The number of likely N-dealkylation sites (N-methyl/N-ethyl adjacent to an activating group) is 1. The summed E-state index contributed by atoms with van der Waals surface area (Å²) in [5.41, 5.74) is 0.152. The van der Waals surface area contributed by atoms with E-state index in [1.54, 1.807) is 11.4 Å². The van der Waals surface area contributed by atoms with Crippen LogP contribution in [0.5, 0.6) is 0 Å². The number of thiazole rings is 1. The molecule has 0 saturated carbocycles. The van der Waals surface area contributed by atoms with Crippen molar-refractivity contribution >= 4 is 11.3 Å². The molecule has 1 aliphatic heterocycles. The molecule has 1 atom stereocenters. The molecule has 27 heavy (non-hydrogen) atoms. The van der Waals surface area contributed by atoms with Gasteiger partial charge < -0.3 is 9.84 Å². The maximum absolute atomic E-state index is 12.9. The maximum atomic E-state index is 12.9. The van der Waals surface area contributed by atoms with Crippen LogP contribution in [0.2, 0.25) is 0 Å². The van der Waals surface area contributed by atoms with Crippen LogP contribution in [-0.4, -0.2) is 46.7 Å². The van der Waals surface area contributed by atoms with Gasteiger partial charge in [0.2, 0.25) is 0 Å². The number of rotatable bonds is 3. The van der Waals surface area contributed by atoms with Gasteiger partial charge in [-0.2, -0.15) is 18.2 Å². The van der Waals surface area contributed by atoms with Crippen LogP contribution in [0.1, 0.15) is 17.4 Å². The van der Waals surface area contributed by atoms with Crippen molar-refractivity contribution in [1.29, 1.82) is 0 Å². The van der Waals surface area contributed by atoms with Crippen molar-refractivity contribution in [2.45, 2.75) is 12.2 Å². The van der Waals surface area contributed by atoms with Gasteiger partial charge in [0, 0.05) is 30.6 Å². The second-order valence-corrected chi connectivity index (χ2v) is 7.13. The Kier molecular flexibility index (Phi) is 4.70. The van der Waals surface area contributed by atoms with Crippen LogP contribution in [0.3, 0.4) is 0 Å². The van der Waals surface area contributed by atoms with Gasteiger partial charge in [0.05, 0.1) is 11.6 Å². The summed E-state index contributed by atoms with van der Waals surface area (Å²) in [4.78, 5) is 10.9. The Morgan fingerprint density at radius 1 is 1.30 bits per heavy atom. The van der Waals surface area contributed by atoms with Crippen molar-refractivity contribution in [1.82, 2.24) is 25.3 Å². The summed E-state index contributed by atoms with van der Waals surface area (Å²) in [5, 5.41) is 9.50. The van der Waals surface area contributed by atoms with E-state index in [9.17, 15) is 13.2 Å². The lowest BCUT2D eigenvalue weighted by Gasteiger charge is -2.30. The average Bonchev–Trinajstić information content (AvgIpc) is 3.31. The van der Waals surface area contributed by atoms with Crippen molar-refractivity contribution in [3.63, 3.8) is 0 Å². The van der Waals surface area contributed by atoms with Gasteiger partial charge in [-0.15, -0.1) is 11.3 Å². The zero-order valence-corrected chi connectivity index (χ0v) is 15.1. The smallest absolute Gasteiger partial charge is 0.332 e. The van der Waals surface area contributed by atoms with E-state index in [1.807, 2.05) is 7.05 Å². The number of nitrogens with one attached hydrogen (secondary N) is 1. The minimum absolute atomic E-state index is 0.0119. The molecule has 0 radical (unpaired) electrons. The predicted octanol–water partition coefficient (Wildman–Crippen LogP) is 3.46. The summed E-state index contributed by atoms with van der Waals surface area (Å²) >= 11 is 1.23. The van der Waals surface area contributed by atoms with E-state index in [-0.39, 0.29) is 11.9 Å². The molecule has 1 fully saturated rings. The summed E-state index contributed by atoms with van der Waals surface area (Å²) in [6, 6.07) is 5.11. The zero-order chi connectivity index (χ0) is 19.0. The highest BCUT2D eigenvalue weighted by Crippen LogP contribution is 2.34. The third-order valence-corrected chi connectivity index (χ3v) is 5.30. The van der Waals surface area contributed by atoms with Gasteiger partial charge in [-0.1, -0.05) is 17.3 Å². The molecule has 10 heteroatoms. The summed E-state index contributed by atoms with van der Waals surface area (Å²) in [7, 11) is 2.00.